The first-order valence-electron chi connectivity index (χ1n) is 8.00. The molecule has 0 bridgehead atoms. The molecule has 0 saturated carbocycles. The number of rotatable bonds is 3. The Bertz CT molecular complexity index is 1120. The molecule has 0 spiro atoms. The third kappa shape index (κ3) is 2.83. The van der Waals surface area contributed by atoms with Crippen molar-refractivity contribution in [3.05, 3.63) is 71.5 Å². The van der Waals surface area contributed by atoms with Crippen LogP contribution in [0.1, 0.15) is 21.7 Å². The minimum Gasteiger partial charge on any atom is -0.463 e. The molecular formula is C19H15FN4O2. The van der Waals surface area contributed by atoms with E-state index in [0.29, 0.717) is 17.1 Å². The van der Waals surface area contributed by atoms with E-state index >= 15 is 0 Å². The SMILES string of the molecule is Cc1ccc(F)c(NC(=O)c2cc(C)n3nc(-c4ccco4)cc3n2)c1. The maximum absolute atomic E-state index is 13.9. The van der Waals surface area contributed by atoms with E-state index in [1.807, 2.05) is 13.8 Å². The van der Waals surface area contributed by atoms with E-state index in [1.165, 1.54) is 6.07 Å². The Labute approximate surface area is 148 Å². The van der Waals surface area contributed by atoms with Crippen LogP contribution in [0.15, 0.2) is 53.1 Å². The summed E-state index contributed by atoms with van der Waals surface area (Å²) in [6, 6.07) is 11.4. The van der Waals surface area contributed by atoms with Crippen molar-refractivity contribution < 1.29 is 13.6 Å². The fourth-order valence-electron chi connectivity index (χ4n) is 2.71. The molecule has 0 aliphatic carbocycles. The average Bonchev–Trinajstić information content (AvgIpc) is 3.27. The third-order valence-electron chi connectivity index (χ3n) is 3.98. The second-order valence-corrected chi connectivity index (χ2v) is 6.00. The van der Waals surface area contributed by atoms with Gasteiger partial charge in [-0.25, -0.2) is 13.9 Å². The number of hydrogen-bond acceptors (Lipinski definition) is 4. The lowest BCUT2D eigenvalue weighted by Gasteiger charge is -2.08. The van der Waals surface area contributed by atoms with E-state index in [9.17, 15) is 9.18 Å². The normalized spacial score (nSPS) is 11.0. The Morgan fingerprint density at radius 2 is 2.04 bits per heavy atom. The number of furan rings is 1. The summed E-state index contributed by atoms with van der Waals surface area (Å²) in [4.78, 5) is 16.9. The van der Waals surface area contributed by atoms with E-state index in [-0.39, 0.29) is 11.4 Å². The van der Waals surface area contributed by atoms with Gasteiger partial charge in [0, 0.05) is 11.8 Å². The standard InChI is InChI=1S/C19H15FN4O2/c1-11-5-6-13(20)14(8-11)22-19(25)16-9-12(2)24-18(21-16)10-15(23-24)17-4-3-7-26-17/h3-10H,1-2H3,(H,22,25). The molecule has 0 aliphatic rings. The first-order valence-corrected chi connectivity index (χ1v) is 8.00. The molecular weight excluding hydrogens is 335 g/mol. The lowest BCUT2D eigenvalue weighted by Crippen LogP contribution is -2.16. The summed E-state index contributed by atoms with van der Waals surface area (Å²) in [6.07, 6.45) is 1.56. The molecule has 3 heterocycles. The van der Waals surface area contributed by atoms with Gasteiger partial charge in [-0.1, -0.05) is 6.07 Å². The smallest absolute Gasteiger partial charge is 0.274 e. The minimum absolute atomic E-state index is 0.124. The highest BCUT2D eigenvalue weighted by Gasteiger charge is 2.15. The zero-order valence-corrected chi connectivity index (χ0v) is 14.2. The maximum atomic E-state index is 13.9. The number of amides is 1. The molecule has 1 N–H and O–H groups in total. The van der Waals surface area contributed by atoms with Crippen molar-refractivity contribution in [2.45, 2.75) is 13.8 Å². The highest BCUT2D eigenvalue weighted by molar-refractivity contribution is 6.03. The number of fused-ring (bicyclic) bond motifs is 1. The minimum atomic E-state index is -0.494. The molecule has 7 heteroatoms. The van der Waals surface area contributed by atoms with Crippen molar-refractivity contribution in [3.8, 4) is 11.5 Å². The van der Waals surface area contributed by atoms with Gasteiger partial charge >= 0.3 is 0 Å². The summed E-state index contributed by atoms with van der Waals surface area (Å²) in [5, 5.41) is 7.00. The second kappa shape index (κ2) is 6.11. The first-order chi connectivity index (χ1) is 12.5. The van der Waals surface area contributed by atoms with Gasteiger partial charge in [-0.3, -0.25) is 4.79 Å². The number of carbonyl (C=O) groups is 1. The monoisotopic (exact) mass is 350 g/mol. The quantitative estimate of drug-likeness (QED) is 0.606. The molecule has 0 fully saturated rings. The van der Waals surface area contributed by atoms with Gasteiger partial charge in [-0.15, -0.1) is 0 Å². The zero-order chi connectivity index (χ0) is 18.3. The van der Waals surface area contributed by atoms with Crippen molar-refractivity contribution >= 4 is 17.2 Å². The molecule has 0 saturated heterocycles. The van der Waals surface area contributed by atoms with E-state index in [1.54, 1.807) is 47.2 Å². The van der Waals surface area contributed by atoms with Crippen LogP contribution in [0.2, 0.25) is 0 Å². The fraction of sp³-hybridized carbons (Fsp3) is 0.105. The molecule has 6 nitrogen and oxygen atoms in total. The van der Waals surface area contributed by atoms with Crippen molar-refractivity contribution in [1.82, 2.24) is 14.6 Å². The predicted octanol–water partition coefficient (Wildman–Crippen LogP) is 4.00. The lowest BCUT2D eigenvalue weighted by atomic mass is 10.2. The summed E-state index contributed by atoms with van der Waals surface area (Å²) in [6.45, 7) is 3.64. The maximum Gasteiger partial charge on any atom is 0.274 e. The number of benzene rings is 1. The lowest BCUT2D eigenvalue weighted by molar-refractivity contribution is 0.102. The molecule has 26 heavy (non-hydrogen) atoms. The molecule has 0 aliphatic heterocycles. The molecule has 0 unspecified atom stereocenters. The van der Waals surface area contributed by atoms with Crippen LogP contribution in [0.5, 0.6) is 0 Å². The van der Waals surface area contributed by atoms with Crippen LogP contribution in [0.3, 0.4) is 0 Å². The summed E-state index contributed by atoms with van der Waals surface area (Å²) in [5.41, 5.74) is 3.00. The molecule has 1 amide bonds. The van der Waals surface area contributed by atoms with Crippen molar-refractivity contribution in [3.63, 3.8) is 0 Å². The number of nitrogens with one attached hydrogen (secondary N) is 1. The average molecular weight is 350 g/mol. The molecule has 0 radical (unpaired) electrons. The van der Waals surface area contributed by atoms with Crippen LogP contribution in [-0.2, 0) is 0 Å². The van der Waals surface area contributed by atoms with Gasteiger partial charge in [0.2, 0.25) is 0 Å². The molecule has 4 aromatic rings. The molecule has 4 rings (SSSR count). The van der Waals surface area contributed by atoms with Crippen LogP contribution < -0.4 is 5.32 Å². The zero-order valence-electron chi connectivity index (χ0n) is 14.2. The Balaban J connectivity index is 1.70. The number of aromatic nitrogens is 3. The number of aryl methyl sites for hydroxylation is 2. The molecule has 0 atom stereocenters. The van der Waals surface area contributed by atoms with Crippen LogP contribution in [-0.4, -0.2) is 20.5 Å². The topological polar surface area (TPSA) is 72.4 Å². The third-order valence-corrected chi connectivity index (χ3v) is 3.98. The van der Waals surface area contributed by atoms with Gasteiger partial charge in [0.25, 0.3) is 5.91 Å². The highest BCUT2D eigenvalue weighted by Crippen LogP contribution is 2.21. The van der Waals surface area contributed by atoms with Gasteiger partial charge < -0.3 is 9.73 Å². The summed E-state index contributed by atoms with van der Waals surface area (Å²) >= 11 is 0. The summed E-state index contributed by atoms with van der Waals surface area (Å²) in [7, 11) is 0. The van der Waals surface area contributed by atoms with Gasteiger partial charge in [0.05, 0.1) is 12.0 Å². The van der Waals surface area contributed by atoms with Crippen LogP contribution in [0.4, 0.5) is 10.1 Å². The summed E-state index contributed by atoms with van der Waals surface area (Å²) < 4.78 is 20.9. The van der Waals surface area contributed by atoms with Gasteiger partial charge in [-0.05, 0) is 49.7 Å². The number of carbonyl (C=O) groups excluding carboxylic acids is 1. The Hall–Kier alpha value is -3.48. The van der Waals surface area contributed by atoms with Gasteiger partial charge in [-0.2, -0.15) is 5.10 Å². The second-order valence-electron chi connectivity index (χ2n) is 6.00. The predicted molar refractivity (Wildman–Crippen MR) is 94.5 cm³/mol. The van der Waals surface area contributed by atoms with Crippen LogP contribution in [0, 0.1) is 19.7 Å². The van der Waals surface area contributed by atoms with Crippen LogP contribution >= 0.6 is 0 Å². The van der Waals surface area contributed by atoms with Crippen molar-refractivity contribution in [2.75, 3.05) is 5.32 Å². The van der Waals surface area contributed by atoms with E-state index in [4.69, 9.17) is 4.42 Å². The number of anilines is 1. The molecule has 1 aromatic carbocycles. The van der Waals surface area contributed by atoms with E-state index < -0.39 is 11.7 Å². The van der Waals surface area contributed by atoms with E-state index in [2.05, 4.69) is 15.4 Å². The Kier molecular flexibility index (Phi) is 3.76. The van der Waals surface area contributed by atoms with Gasteiger partial charge in [0.15, 0.2) is 11.4 Å². The van der Waals surface area contributed by atoms with Crippen molar-refractivity contribution in [2.24, 2.45) is 0 Å². The van der Waals surface area contributed by atoms with Crippen LogP contribution in [0.25, 0.3) is 17.1 Å². The summed E-state index contributed by atoms with van der Waals surface area (Å²) in [5.74, 6) is -0.366. The number of hydrogen-bond donors (Lipinski definition) is 1. The number of halogens is 1. The number of nitrogens with zero attached hydrogens (tertiary/aromatic N) is 3. The Morgan fingerprint density at radius 3 is 2.81 bits per heavy atom. The fourth-order valence-corrected chi connectivity index (χ4v) is 2.71. The molecule has 130 valence electrons. The van der Waals surface area contributed by atoms with E-state index in [0.717, 1.165) is 11.3 Å². The van der Waals surface area contributed by atoms with Gasteiger partial charge in [0.1, 0.15) is 17.2 Å². The largest absolute Gasteiger partial charge is 0.463 e. The Morgan fingerprint density at radius 1 is 1.19 bits per heavy atom. The molecule has 3 aromatic heterocycles. The first kappa shape index (κ1) is 16.0. The van der Waals surface area contributed by atoms with Crippen molar-refractivity contribution in [1.29, 1.82) is 0 Å². The highest BCUT2D eigenvalue weighted by atomic mass is 19.1.